The number of piperazine rings is 1. The molecular weight excluding hydrogens is 395 g/mol. The van der Waals surface area contributed by atoms with Gasteiger partial charge in [0.2, 0.25) is 11.8 Å². The van der Waals surface area contributed by atoms with Crippen LogP contribution in [0.1, 0.15) is 32.3 Å². The molecule has 7 heteroatoms. The molecule has 6 nitrogen and oxygen atoms in total. The van der Waals surface area contributed by atoms with Crippen LogP contribution in [0.25, 0.3) is 0 Å². The molecule has 3 rings (SSSR count). The maximum Gasteiger partial charge on any atom is 0.241 e. The Kier molecular flexibility index (Phi) is 7.76. The van der Waals surface area contributed by atoms with E-state index >= 15 is 0 Å². The van der Waals surface area contributed by atoms with Gasteiger partial charge in [-0.25, -0.2) is 4.39 Å². The summed E-state index contributed by atoms with van der Waals surface area (Å²) in [6, 6.07) is 13.6. The van der Waals surface area contributed by atoms with E-state index in [1.807, 2.05) is 36.1 Å². The smallest absolute Gasteiger partial charge is 0.241 e. The van der Waals surface area contributed by atoms with Crippen molar-refractivity contribution in [3.63, 3.8) is 0 Å². The number of hydrogen-bond donors (Lipinski definition) is 2. The second-order valence-electron chi connectivity index (χ2n) is 8.31. The number of benzene rings is 2. The molecule has 2 aromatic carbocycles. The molecule has 2 aromatic rings. The molecule has 0 aliphatic carbocycles. The van der Waals surface area contributed by atoms with Crippen molar-refractivity contribution >= 4 is 23.2 Å². The molecule has 2 N–H and O–H groups in total. The number of rotatable bonds is 7. The van der Waals surface area contributed by atoms with Gasteiger partial charge in [-0.05, 0) is 48.7 Å². The van der Waals surface area contributed by atoms with Gasteiger partial charge in [-0.2, -0.15) is 0 Å². The molecule has 1 fully saturated rings. The summed E-state index contributed by atoms with van der Waals surface area (Å²) in [6.07, 6.45) is 0. The molecule has 1 heterocycles. The zero-order valence-electron chi connectivity index (χ0n) is 18.4. The Morgan fingerprint density at radius 3 is 2.23 bits per heavy atom. The van der Waals surface area contributed by atoms with Gasteiger partial charge in [0.15, 0.2) is 0 Å². The lowest BCUT2D eigenvalue weighted by molar-refractivity contribution is -0.122. The van der Waals surface area contributed by atoms with Crippen molar-refractivity contribution in [1.82, 2.24) is 9.80 Å². The van der Waals surface area contributed by atoms with Gasteiger partial charge in [0.1, 0.15) is 5.82 Å². The Bertz CT molecular complexity index is 893. The van der Waals surface area contributed by atoms with Crippen LogP contribution in [-0.4, -0.2) is 60.4 Å². The van der Waals surface area contributed by atoms with E-state index in [-0.39, 0.29) is 30.2 Å². The van der Waals surface area contributed by atoms with Gasteiger partial charge in [0.05, 0.1) is 12.6 Å². The van der Waals surface area contributed by atoms with E-state index in [1.165, 1.54) is 17.7 Å². The van der Waals surface area contributed by atoms with Gasteiger partial charge < -0.3 is 10.6 Å². The summed E-state index contributed by atoms with van der Waals surface area (Å²) in [5.41, 5.74) is 2.49. The van der Waals surface area contributed by atoms with E-state index in [9.17, 15) is 14.0 Å². The lowest BCUT2D eigenvalue weighted by Crippen LogP contribution is -2.53. The molecule has 1 aliphatic rings. The first-order valence-electron chi connectivity index (χ1n) is 10.7. The van der Waals surface area contributed by atoms with Crippen LogP contribution < -0.4 is 10.6 Å². The topological polar surface area (TPSA) is 64.7 Å². The van der Waals surface area contributed by atoms with Crippen LogP contribution in [0.15, 0.2) is 48.5 Å². The number of anilines is 2. The first kappa shape index (κ1) is 22.9. The number of carbonyl (C=O) groups excluding carboxylic acids is 2. The summed E-state index contributed by atoms with van der Waals surface area (Å²) in [5.74, 6) is -0.130. The van der Waals surface area contributed by atoms with Gasteiger partial charge >= 0.3 is 0 Å². The fourth-order valence-corrected chi connectivity index (χ4v) is 3.64. The summed E-state index contributed by atoms with van der Waals surface area (Å²) in [5, 5.41) is 5.71. The van der Waals surface area contributed by atoms with Crippen LogP contribution in [-0.2, 0) is 9.59 Å². The zero-order valence-corrected chi connectivity index (χ0v) is 18.4. The fraction of sp³-hybridized carbons (Fsp3) is 0.417. The van der Waals surface area contributed by atoms with Gasteiger partial charge in [-0.15, -0.1) is 0 Å². The Balaban J connectivity index is 1.43. The van der Waals surface area contributed by atoms with E-state index in [1.54, 1.807) is 12.1 Å². The number of nitrogens with one attached hydrogen (secondary N) is 2. The Hall–Kier alpha value is -2.77. The summed E-state index contributed by atoms with van der Waals surface area (Å²) in [7, 11) is 0. The van der Waals surface area contributed by atoms with Crippen molar-refractivity contribution in [3.8, 4) is 0 Å². The third-order valence-electron chi connectivity index (χ3n) is 5.65. The number of amides is 2. The predicted octanol–water partition coefficient (Wildman–Crippen LogP) is 3.53. The molecular formula is C24H31FN4O2. The fourth-order valence-electron chi connectivity index (χ4n) is 3.64. The zero-order chi connectivity index (χ0) is 22.4. The molecule has 2 amide bonds. The average molecular weight is 427 g/mol. The average Bonchev–Trinajstić information content (AvgIpc) is 2.74. The van der Waals surface area contributed by atoms with Crippen LogP contribution in [0, 0.1) is 5.82 Å². The predicted molar refractivity (Wildman–Crippen MR) is 122 cm³/mol. The van der Waals surface area contributed by atoms with Crippen LogP contribution in [0.3, 0.4) is 0 Å². The van der Waals surface area contributed by atoms with E-state index < -0.39 is 0 Å². The third-order valence-corrected chi connectivity index (χ3v) is 5.65. The third kappa shape index (κ3) is 6.60. The maximum absolute atomic E-state index is 13.2. The van der Waals surface area contributed by atoms with E-state index in [0.717, 1.165) is 5.69 Å². The number of halogens is 1. The molecule has 1 aliphatic heterocycles. The molecule has 0 unspecified atom stereocenters. The lowest BCUT2D eigenvalue weighted by atomic mass is 10.0. The van der Waals surface area contributed by atoms with Crippen molar-refractivity contribution in [1.29, 1.82) is 0 Å². The van der Waals surface area contributed by atoms with E-state index in [2.05, 4.69) is 29.4 Å². The molecule has 0 aromatic heterocycles. The Morgan fingerprint density at radius 2 is 1.61 bits per heavy atom. The summed E-state index contributed by atoms with van der Waals surface area (Å²) in [4.78, 5) is 29.1. The monoisotopic (exact) mass is 426 g/mol. The summed E-state index contributed by atoms with van der Waals surface area (Å²) < 4.78 is 13.2. The molecule has 0 bridgehead atoms. The van der Waals surface area contributed by atoms with Crippen molar-refractivity contribution < 1.29 is 14.0 Å². The number of carbonyl (C=O) groups is 2. The minimum Gasteiger partial charge on any atom is -0.325 e. The quantitative estimate of drug-likeness (QED) is 0.711. The summed E-state index contributed by atoms with van der Waals surface area (Å²) in [6.45, 7) is 9.22. The second-order valence-corrected chi connectivity index (χ2v) is 8.31. The molecule has 31 heavy (non-hydrogen) atoms. The van der Waals surface area contributed by atoms with E-state index in [4.69, 9.17) is 0 Å². The first-order valence-corrected chi connectivity index (χ1v) is 10.7. The normalized spacial score (nSPS) is 16.2. The van der Waals surface area contributed by atoms with Crippen molar-refractivity contribution in [2.75, 3.05) is 43.4 Å². The minimum absolute atomic E-state index is 0.0328. The Morgan fingerprint density at radius 1 is 0.935 bits per heavy atom. The number of hydrogen-bond acceptors (Lipinski definition) is 4. The van der Waals surface area contributed by atoms with Crippen LogP contribution >= 0.6 is 0 Å². The first-order chi connectivity index (χ1) is 14.8. The maximum atomic E-state index is 13.2. The lowest BCUT2D eigenvalue weighted by Gasteiger charge is -2.37. The standard InChI is InChI=1S/C24H31FN4O2/c1-17(2)19-7-9-21(10-8-19)27-24(31)18(3)29-13-11-28(12-14-29)16-23(30)26-22-6-4-5-20(25)15-22/h4-10,15,17-18H,11-14,16H2,1-3H3,(H,26,30)(H,27,31)/t18-/m0/s1. The van der Waals surface area contributed by atoms with Crippen LogP contribution in [0.2, 0.25) is 0 Å². The number of nitrogens with zero attached hydrogens (tertiary/aromatic N) is 2. The van der Waals surface area contributed by atoms with Crippen LogP contribution in [0.5, 0.6) is 0 Å². The van der Waals surface area contributed by atoms with Gasteiger partial charge in [0, 0.05) is 37.6 Å². The van der Waals surface area contributed by atoms with Gasteiger partial charge in [0.25, 0.3) is 0 Å². The molecule has 1 atom stereocenters. The van der Waals surface area contributed by atoms with Crippen molar-refractivity contribution in [2.45, 2.75) is 32.7 Å². The van der Waals surface area contributed by atoms with Crippen LogP contribution in [0.4, 0.5) is 15.8 Å². The molecule has 0 spiro atoms. The van der Waals surface area contributed by atoms with E-state index in [0.29, 0.717) is 37.8 Å². The van der Waals surface area contributed by atoms with Crippen molar-refractivity contribution in [3.05, 3.63) is 59.9 Å². The molecule has 1 saturated heterocycles. The SMILES string of the molecule is CC(C)c1ccc(NC(=O)[C@H](C)N2CCN(CC(=O)Nc3cccc(F)c3)CC2)cc1. The van der Waals surface area contributed by atoms with Gasteiger partial charge in [-0.3, -0.25) is 19.4 Å². The summed E-state index contributed by atoms with van der Waals surface area (Å²) >= 11 is 0. The second kappa shape index (κ2) is 10.5. The highest BCUT2D eigenvalue weighted by atomic mass is 19.1. The minimum atomic E-state index is -0.380. The largest absolute Gasteiger partial charge is 0.325 e. The van der Waals surface area contributed by atoms with Crippen molar-refractivity contribution in [2.24, 2.45) is 0 Å². The highest BCUT2D eigenvalue weighted by Gasteiger charge is 2.26. The molecule has 0 saturated carbocycles. The van der Waals surface area contributed by atoms with Gasteiger partial charge in [-0.1, -0.05) is 32.0 Å². The highest BCUT2D eigenvalue weighted by molar-refractivity contribution is 5.94. The Labute approximate surface area is 183 Å². The molecule has 166 valence electrons. The highest BCUT2D eigenvalue weighted by Crippen LogP contribution is 2.18. The molecule has 0 radical (unpaired) electrons.